The Morgan fingerprint density at radius 1 is 1.22 bits per heavy atom. The highest BCUT2D eigenvalue weighted by Gasteiger charge is 2.27. The molecule has 0 bridgehead atoms. The van der Waals surface area contributed by atoms with E-state index in [0.29, 0.717) is 35.3 Å². The Balaban J connectivity index is 1.57. The van der Waals surface area contributed by atoms with Crippen LogP contribution in [0.3, 0.4) is 0 Å². The molecule has 1 saturated heterocycles. The molecule has 2 aliphatic heterocycles. The number of rotatable bonds is 4. The molecule has 140 valence electrons. The Bertz CT molecular complexity index is 863. The number of halogens is 1. The van der Waals surface area contributed by atoms with Gasteiger partial charge in [-0.25, -0.2) is 0 Å². The van der Waals surface area contributed by atoms with Gasteiger partial charge in [0.25, 0.3) is 11.8 Å². The number of nitrogens with one attached hydrogen (secondary N) is 1. The lowest BCUT2D eigenvalue weighted by Gasteiger charge is -2.30. The number of carbonyl (C=O) groups excluding carboxylic acids is 2. The molecular formula is C20H19ClN2O4. The fourth-order valence-corrected chi connectivity index (χ4v) is 3.36. The molecule has 0 aromatic heterocycles. The molecule has 0 saturated carbocycles. The highest BCUT2D eigenvalue weighted by Crippen LogP contribution is 2.35. The van der Waals surface area contributed by atoms with Crippen LogP contribution in [0.5, 0.6) is 5.75 Å². The summed E-state index contributed by atoms with van der Waals surface area (Å²) in [5.74, 6) is 0.304. The highest BCUT2D eigenvalue weighted by atomic mass is 35.5. The molecule has 0 aliphatic carbocycles. The molecule has 2 heterocycles. The molecule has 4 rings (SSSR count). The largest absolute Gasteiger partial charge is 0.482 e. The Kier molecular flexibility index (Phi) is 5.01. The van der Waals surface area contributed by atoms with Crippen LogP contribution in [-0.2, 0) is 20.9 Å². The van der Waals surface area contributed by atoms with Crippen molar-refractivity contribution in [1.29, 1.82) is 0 Å². The first-order valence-corrected chi connectivity index (χ1v) is 9.22. The molecule has 0 spiro atoms. The number of nitrogens with zero attached hydrogens (tertiary/aromatic N) is 1. The quantitative estimate of drug-likeness (QED) is 0.874. The van der Waals surface area contributed by atoms with Crippen molar-refractivity contribution in [3.63, 3.8) is 0 Å². The Labute approximate surface area is 162 Å². The third kappa shape index (κ3) is 3.91. The number of hydrogen-bond acceptors (Lipinski definition) is 4. The molecule has 1 atom stereocenters. The Morgan fingerprint density at radius 2 is 2.04 bits per heavy atom. The normalized spacial score (nSPS) is 18.8. The molecule has 1 unspecified atom stereocenters. The van der Waals surface area contributed by atoms with Crippen LogP contribution in [0.25, 0.3) is 0 Å². The summed E-state index contributed by atoms with van der Waals surface area (Å²) in [7, 11) is 0. The number of anilines is 2. The molecule has 1 fully saturated rings. The van der Waals surface area contributed by atoms with Crippen molar-refractivity contribution in [2.75, 3.05) is 23.4 Å². The summed E-state index contributed by atoms with van der Waals surface area (Å²) in [6.45, 7) is 0.997. The molecule has 27 heavy (non-hydrogen) atoms. The lowest BCUT2D eigenvalue weighted by molar-refractivity contribution is -0.124. The summed E-state index contributed by atoms with van der Waals surface area (Å²) in [6.07, 6.45) is 1.20. The van der Waals surface area contributed by atoms with Crippen molar-refractivity contribution < 1.29 is 19.1 Å². The van der Waals surface area contributed by atoms with Gasteiger partial charge in [0.15, 0.2) is 6.61 Å². The SMILES string of the molecule is O=C(Nc1ccc2c(c1)N(Cc1ccc(Cl)cc1)C(=O)CO2)C1CCCO1. The lowest BCUT2D eigenvalue weighted by atomic mass is 10.1. The molecule has 6 nitrogen and oxygen atoms in total. The number of amides is 2. The number of fused-ring (bicyclic) bond motifs is 1. The van der Waals surface area contributed by atoms with Crippen molar-refractivity contribution in [3.05, 3.63) is 53.1 Å². The van der Waals surface area contributed by atoms with Gasteiger partial charge in [0.05, 0.1) is 12.2 Å². The summed E-state index contributed by atoms with van der Waals surface area (Å²) in [5.41, 5.74) is 2.19. The van der Waals surface area contributed by atoms with E-state index in [-0.39, 0.29) is 18.4 Å². The Morgan fingerprint density at radius 3 is 2.78 bits per heavy atom. The maximum atomic E-state index is 12.4. The average molecular weight is 387 g/mol. The number of hydrogen-bond donors (Lipinski definition) is 1. The zero-order chi connectivity index (χ0) is 18.8. The van der Waals surface area contributed by atoms with Crippen LogP contribution in [0, 0.1) is 0 Å². The van der Waals surface area contributed by atoms with Gasteiger partial charge in [-0.1, -0.05) is 23.7 Å². The van der Waals surface area contributed by atoms with Gasteiger partial charge in [-0.3, -0.25) is 9.59 Å². The maximum absolute atomic E-state index is 12.4. The zero-order valence-corrected chi connectivity index (χ0v) is 15.4. The van der Waals surface area contributed by atoms with Crippen LogP contribution in [-0.4, -0.2) is 31.1 Å². The van der Waals surface area contributed by atoms with Crippen LogP contribution in [0.4, 0.5) is 11.4 Å². The topological polar surface area (TPSA) is 67.9 Å². The second kappa shape index (κ2) is 7.58. The molecule has 1 N–H and O–H groups in total. The van der Waals surface area contributed by atoms with Crippen molar-refractivity contribution >= 4 is 34.8 Å². The first-order valence-electron chi connectivity index (χ1n) is 8.84. The first kappa shape index (κ1) is 17.8. The number of ether oxygens (including phenoxy) is 2. The van der Waals surface area contributed by atoms with Crippen LogP contribution >= 0.6 is 11.6 Å². The highest BCUT2D eigenvalue weighted by molar-refractivity contribution is 6.30. The van der Waals surface area contributed by atoms with Crippen molar-refractivity contribution in [3.8, 4) is 5.75 Å². The molecule has 2 aromatic rings. The summed E-state index contributed by atoms with van der Waals surface area (Å²) in [6, 6.07) is 12.6. The van der Waals surface area contributed by atoms with Crippen LogP contribution in [0.2, 0.25) is 5.02 Å². The van der Waals surface area contributed by atoms with Gasteiger partial charge in [-0.15, -0.1) is 0 Å². The summed E-state index contributed by atoms with van der Waals surface area (Å²) >= 11 is 5.94. The average Bonchev–Trinajstić information content (AvgIpc) is 3.21. The smallest absolute Gasteiger partial charge is 0.265 e. The summed E-state index contributed by atoms with van der Waals surface area (Å²) < 4.78 is 10.9. The second-order valence-electron chi connectivity index (χ2n) is 6.57. The van der Waals surface area contributed by atoms with Gasteiger partial charge < -0.3 is 19.7 Å². The minimum atomic E-state index is -0.413. The zero-order valence-electron chi connectivity index (χ0n) is 14.6. The summed E-state index contributed by atoms with van der Waals surface area (Å²) in [5, 5.41) is 3.51. The lowest BCUT2D eigenvalue weighted by Crippen LogP contribution is -2.38. The monoisotopic (exact) mass is 386 g/mol. The van der Waals surface area contributed by atoms with E-state index in [9.17, 15) is 9.59 Å². The van der Waals surface area contributed by atoms with E-state index >= 15 is 0 Å². The summed E-state index contributed by atoms with van der Waals surface area (Å²) in [4.78, 5) is 26.4. The van der Waals surface area contributed by atoms with Crippen LogP contribution in [0.15, 0.2) is 42.5 Å². The molecular weight excluding hydrogens is 368 g/mol. The van der Waals surface area contributed by atoms with E-state index in [1.807, 2.05) is 12.1 Å². The van der Waals surface area contributed by atoms with Gasteiger partial charge in [-0.05, 0) is 48.7 Å². The van der Waals surface area contributed by atoms with E-state index in [1.165, 1.54) is 0 Å². The minimum absolute atomic E-state index is 0.0117. The number of carbonyl (C=O) groups is 2. The minimum Gasteiger partial charge on any atom is -0.482 e. The molecule has 7 heteroatoms. The third-order valence-electron chi connectivity index (χ3n) is 4.65. The Hall–Kier alpha value is -2.57. The fourth-order valence-electron chi connectivity index (χ4n) is 3.23. The number of benzene rings is 2. The van der Waals surface area contributed by atoms with Gasteiger partial charge in [-0.2, -0.15) is 0 Å². The van der Waals surface area contributed by atoms with E-state index in [1.54, 1.807) is 35.2 Å². The van der Waals surface area contributed by atoms with Gasteiger partial charge >= 0.3 is 0 Å². The van der Waals surface area contributed by atoms with Gasteiger partial charge in [0.1, 0.15) is 11.9 Å². The van der Waals surface area contributed by atoms with E-state index in [2.05, 4.69) is 5.32 Å². The molecule has 2 aromatic carbocycles. The first-order chi connectivity index (χ1) is 13.1. The van der Waals surface area contributed by atoms with Crippen molar-refractivity contribution in [2.24, 2.45) is 0 Å². The van der Waals surface area contributed by atoms with Crippen molar-refractivity contribution in [2.45, 2.75) is 25.5 Å². The van der Waals surface area contributed by atoms with Crippen LogP contribution < -0.4 is 15.0 Å². The fraction of sp³-hybridized carbons (Fsp3) is 0.300. The van der Waals surface area contributed by atoms with E-state index in [0.717, 1.165) is 18.4 Å². The second-order valence-corrected chi connectivity index (χ2v) is 7.00. The van der Waals surface area contributed by atoms with E-state index in [4.69, 9.17) is 21.1 Å². The van der Waals surface area contributed by atoms with Crippen molar-refractivity contribution in [1.82, 2.24) is 0 Å². The van der Waals surface area contributed by atoms with E-state index < -0.39 is 6.10 Å². The van der Waals surface area contributed by atoms with Crippen LogP contribution in [0.1, 0.15) is 18.4 Å². The molecule has 2 amide bonds. The third-order valence-corrected chi connectivity index (χ3v) is 4.90. The molecule has 2 aliphatic rings. The molecule has 0 radical (unpaired) electrons. The van der Waals surface area contributed by atoms with Gasteiger partial charge in [0.2, 0.25) is 0 Å². The maximum Gasteiger partial charge on any atom is 0.265 e. The predicted octanol–water partition coefficient (Wildman–Crippen LogP) is 3.38. The standard InChI is InChI=1S/C20H19ClN2O4/c21-14-5-3-13(4-6-14)11-23-16-10-15(7-8-17(16)27-12-19(23)24)22-20(25)18-2-1-9-26-18/h3-8,10,18H,1-2,9,11-12H2,(H,22,25). The predicted molar refractivity (Wildman–Crippen MR) is 102 cm³/mol. The van der Waals surface area contributed by atoms with Gasteiger partial charge in [0, 0.05) is 17.3 Å².